The van der Waals surface area contributed by atoms with Crippen LogP contribution < -0.4 is 15.7 Å². The van der Waals surface area contributed by atoms with Crippen LogP contribution >= 0.6 is 15.9 Å². The van der Waals surface area contributed by atoms with E-state index in [2.05, 4.69) is 31.4 Å². The molecule has 282 valence electrons. The van der Waals surface area contributed by atoms with E-state index in [1.807, 2.05) is 0 Å². The Labute approximate surface area is 310 Å². The molecule has 0 fully saturated rings. The number of imidazole rings is 1. The second-order valence-corrected chi connectivity index (χ2v) is 13.2. The second kappa shape index (κ2) is 15.1. The Morgan fingerprint density at radius 1 is 1.02 bits per heavy atom. The van der Waals surface area contributed by atoms with Gasteiger partial charge in [0.15, 0.2) is 6.10 Å². The molecule has 2 N–H and O–H groups in total. The maximum Gasteiger partial charge on any atom is 0.417 e. The average Bonchev–Trinajstić information content (AvgIpc) is 3.42. The van der Waals surface area contributed by atoms with Crippen LogP contribution in [0.2, 0.25) is 0 Å². The molecule has 18 heteroatoms. The van der Waals surface area contributed by atoms with Gasteiger partial charge in [-0.2, -0.15) is 36.5 Å². The summed E-state index contributed by atoms with van der Waals surface area (Å²) in [6.45, 7) is 0.0181. The summed E-state index contributed by atoms with van der Waals surface area (Å²) < 4.78 is 86.7. The Bertz CT molecular complexity index is 2240. The molecule has 2 amide bonds. The Hall–Kier alpha value is -5.49. The first kappa shape index (κ1) is 38.2. The normalized spacial score (nSPS) is 15.1. The summed E-state index contributed by atoms with van der Waals surface area (Å²) in [5, 5.41) is 20.2. The number of carbonyl (C=O) groups excluding carboxylic acids is 2. The van der Waals surface area contributed by atoms with E-state index in [4.69, 9.17) is 4.74 Å². The first-order valence-electron chi connectivity index (χ1n) is 16.2. The molecule has 3 aromatic carbocycles. The lowest BCUT2D eigenvalue weighted by molar-refractivity contribution is -0.210. The molecule has 0 spiro atoms. The highest BCUT2D eigenvalue weighted by atomic mass is 79.9. The summed E-state index contributed by atoms with van der Waals surface area (Å²) in [6, 6.07) is 18.1. The predicted octanol–water partition coefficient (Wildman–Crippen LogP) is 6.15. The number of aliphatic hydroxyl groups excluding tert-OH is 1. The van der Waals surface area contributed by atoms with Crippen molar-refractivity contribution in [3.05, 3.63) is 128 Å². The quantitative estimate of drug-likeness (QED) is 0.171. The highest BCUT2D eigenvalue weighted by molar-refractivity contribution is 9.10. The molecule has 2 aromatic heterocycles. The molecule has 5 aromatic rings. The van der Waals surface area contributed by atoms with Crippen molar-refractivity contribution in [2.45, 2.75) is 51.1 Å². The number of amides is 2. The zero-order valence-electron chi connectivity index (χ0n) is 28.0. The predicted molar refractivity (Wildman–Crippen MR) is 185 cm³/mol. The molecule has 0 saturated heterocycles. The van der Waals surface area contributed by atoms with E-state index >= 15 is 0 Å². The fourth-order valence-electron chi connectivity index (χ4n) is 5.99. The van der Waals surface area contributed by atoms with Crippen LogP contribution in [0.15, 0.2) is 94.3 Å². The highest BCUT2D eigenvalue weighted by Crippen LogP contribution is 2.36. The van der Waals surface area contributed by atoms with Crippen molar-refractivity contribution in [1.82, 2.24) is 29.5 Å². The van der Waals surface area contributed by atoms with Crippen LogP contribution in [0.3, 0.4) is 0 Å². The molecule has 2 atom stereocenters. The Morgan fingerprint density at radius 2 is 1.74 bits per heavy atom. The third kappa shape index (κ3) is 7.89. The maximum absolute atomic E-state index is 14.2. The number of nitrogens with zero attached hydrogens (tertiary/aromatic N) is 5. The summed E-state index contributed by atoms with van der Waals surface area (Å²) in [5.41, 5.74) is -0.113. The van der Waals surface area contributed by atoms with Gasteiger partial charge >= 0.3 is 18.0 Å². The Kier molecular flexibility index (Phi) is 10.7. The summed E-state index contributed by atoms with van der Waals surface area (Å²) in [6.07, 6.45) is -10.9. The SMILES string of the molecule is C[C@H]1Cn2c(c(C(=O)NCc3ccccc3-c3cccnn3)n(-c3ccc(OC[C@H](O)C(F)(F)F)cc3)c2=O)CN1C(=O)c1ccc(Br)c(C(F)(F)F)c1. The topological polar surface area (TPSA) is 132 Å². The molecule has 0 aliphatic carbocycles. The van der Waals surface area contributed by atoms with Crippen molar-refractivity contribution in [2.24, 2.45) is 0 Å². The largest absolute Gasteiger partial charge is 0.491 e. The molecule has 3 heterocycles. The number of aromatic nitrogens is 4. The Morgan fingerprint density at radius 3 is 2.41 bits per heavy atom. The average molecular weight is 820 g/mol. The number of hydrogen-bond donors (Lipinski definition) is 2. The first-order chi connectivity index (χ1) is 25.5. The number of carbonyl (C=O) groups is 2. The van der Waals surface area contributed by atoms with E-state index in [1.165, 1.54) is 46.0 Å². The highest BCUT2D eigenvalue weighted by Gasteiger charge is 2.39. The zero-order valence-corrected chi connectivity index (χ0v) is 29.6. The van der Waals surface area contributed by atoms with Crippen LogP contribution in [0.25, 0.3) is 16.9 Å². The van der Waals surface area contributed by atoms with Crippen LogP contribution in [0.4, 0.5) is 26.3 Å². The number of halogens is 7. The van der Waals surface area contributed by atoms with Gasteiger partial charge in [-0.15, -0.1) is 0 Å². The molecule has 0 unspecified atom stereocenters. The van der Waals surface area contributed by atoms with E-state index in [1.54, 1.807) is 43.3 Å². The van der Waals surface area contributed by atoms with Crippen molar-refractivity contribution in [3.8, 4) is 22.7 Å². The van der Waals surface area contributed by atoms with Gasteiger partial charge in [0, 0.05) is 40.9 Å². The lowest BCUT2D eigenvalue weighted by Crippen LogP contribution is -2.47. The minimum absolute atomic E-state index is 0.0448. The summed E-state index contributed by atoms with van der Waals surface area (Å²) in [4.78, 5) is 43.3. The first-order valence-corrected chi connectivity index (χ1v) is 17.0. The third-order valence-electron chi connectivity index (χ3n) is 8.72. The van der Waals surface area contributed by atoms with Gasteiger partial charge in [-0.25, -0.2) is 4.79 Å². The lowest BCUT2D eigenvalue weighted by atomic mass is 10.0. The van der Waals surface area contributed by atoms with Crippen LogP contribution in [0.5, 0.6) is 5.75 Å². The zero-order chi connectivity index (χ0) is 38.9. The van der Waals surface area contributed by atoms with E-state index < -0.39 is 54.2 Å². The fraction of sp³-hybridized carbons (Fsp3) is 0.250. The monoisotopic (exact) mass is 818 g/mol. The molecule has 0 radical (unpaired) electrons. The van der Waals surface area contributed by atoms with E-state index in [9.17, 15) is 45.8 Å². The van der Waals surface area contributed by atoms with Gasteiger partial charge in [0.25, 0.3) is 11.8 Å². The summed E-state index contributed by atoms with van der Waals surface area (Å²) >= 11 is 2.88. The van der Waals surface area contributed by atoms with Crippen LogP contribution in [0.1, 0.15) is 44.6 Å². The number of aliphatic hydroxyl groups is 1. The second-order valence-electron chi connectivity index (χ2n) is 12.3. The number of hydrogen-bond acceptors (Lipinski definition) is 7. The van der Waals surface area contributed by atoms with Crippen molar-refractivity contribution >= 4 is 27.7 Å². The maximum atomic E-state index is 14.2. The van der Waals surface area contributed by atoms with Gasteiger partial charge in [0.1, 0.15) is 18.1 Å². The smallest absolute Gasteiger partial charge is 0.417 e. The summed E-state index contributed by atoms with van der Waals surface area (Å²) in [5.74, 6) is -1.57. The van der Waals surface area contributed by atoms with Crippen molar-refractivity contribution < 1.29 is 45.8 Å². The Balaban J connectivity index is 1.37. The van der Waals surface area contributed by atoms with Gasteiger partial charge in [-0.05, 0) is 67.1 Å². The molecule has 6 rings (SSSR count). The van der Waals surface area contributed by atoms with E-state index in [0.29, 0.717) is 16.8 Å². The van der Waals surface area contributed by atoms with Crippen LogP contribution in [-0.2, 0) is 25.8 Å². The minimum Gasteiger partial charge on any atom is -0.491 e. The molecule has 11 nitrogen and oxygen atoms in total. The number of nitrogens with one attached hydrogen (secondary N) is 1. The number of fused-ring (bicyclic) bond motifs is 1. The molecule has 1 aliphatic rings. The fourth-order valence-corrected chi connectivity index (χ4v) is 6.46. The third-order valence-corrected chi connectivity index (χ3v) is 9.42. The van der Waals surface area contributed by atoms with Crippen molar-refractivity contribution in [1.29, 1.82) is 0 Å². The number of ether oxygens (including phenoxy) is 1. The van der Waals surface area contributed by atoms with Crippen LogP contribution in [-0.4, -0.2) is 66.1 Å². The van der Waals surface area contributed by atoms with Gasteiger partial charge in [-0.3, -0.25) is 18.7 Å². The molecular formula is C36H29BrF6N6O5. The van der Waals surface area contributed by atoms with E-state index in [0.717, 1.165) is 16.7 Å². The molecule has 54 heavy (non-hydrogen) atoms. The molecule has 1 aliphatic heterocycles. The standard InChI is InChI=1S/C36H29BrF6N6O5/c1-20-17-48-29(18-47(20)33(52)21-8-13-27(37)26(15-21)35(38,39)40)31(32(51)44-16-22-5-2-3-6-25(22)28-7-4-14-45-46-28)49(34(48)53)23-9-11-24(12-10-23)54-19-30(50)36(41,42)43/h2-15,20,30,50H,16-19H2,1H3,(H,44,51)/t20-,30-/m0/s1. The van der Waals surface area contributed by atoms with Gasteiger partial charge in [0.05, 0.1) is 29.2 Å². The summed E-state index contributed by atoms with van der Waals surface area (Å²) in [7, 11) is 0. The number of alkyl halides is 6. The minimum atomic E-state index is -4.90. The van der Waals surface area contributed by atoms with E-state index in [-0.39, 0.29) is 52.5 Å². The number of benzene rings is 3. The van der Waals surface area contributed by atoms with Gasteiger partial charge in [-0.1, -0.05) is 40.2 Å². The number of rotatable bonds is 9. The lowest BCUT2D eigenvalue weighted by Gasteiger charge is -2.34. The molecule has 0 saturated carbocycles. The van der Waals surface area contributed by atoms with Gasteiger partial charge in [0.2, 0.25) is 0 Å². The molecule has 0 bridgehead atoms. The molecular weight excluding hydrogens is 790 g/mol. The van der Waals surface area contributed by atoms with Crippen molar-refractivity contribution in [2.75, 3.05) is 6.61 Å². The van der Waals surface area contributed by atoms with Gasteiger partial charge < -0.3 is 20.1 Å². The van der Waals surface area contributed by atoms with Crippen molar-refractivity contribution in [3.63, 3.8) is 0 Å². The van der Waals surface area contributed by atoms with Crippen LogP contribution in [0, 0.1) is 0 Å².